The minimum Gasteiger partial charge on any atom is -0.325 e. The van der Waals surface area contributed by atoms with Gasteiger partial charge in [-0.25, -0.2) is 4.98 Å². The van der Waals surface area contributed by atoms with Crippen LogP contribution in [0.5, 0.6) is 0 Å². The van der Waals surface area contributed by atoms with E-state index in [1.54, 1.807) is 0 Å². The highest BCUT2D eigenvalue weighted by Gasteiger charge is 2.13. The third kappa shape index (κ3) is 3.50. The lowest BCUT2D eigenvalue weighted by Crippen LogP contribution is -2.14. The summed E-state index contributed by atoms with van der Waals surface area (Å²) in [6.45, 7) is 4.10. The summed E-state index contributed by atoms with van der Waals surface area (Å²) in [6, 6.07) is 6.19. The number of hydrogen-bond acceptors (Lipinski definition) is 4. The fourth-order valence-corrected chi connectivity index (χ4v) is 3.16. The van der Waals surface area contributed by atoms with Crippen molar-refractivity contribution in [3.05, 3.63) is 35.2 Å². The second kappa shape index (κ2) is 6.52. The number of aryl methyl sites for hydroxylation is 2. The highest BCUT2D eigenvalue weighted by molar-refractivity contribution is 7.99. The molecule has 22 heavy (non-hydrogen) atoms. The van der Waals surface area contributed by atoms with Crippen molar-refractivity contribution in [2.24, 2.45) is 0 Å². The lowest BCUT2D eigenvalue weighted by atomic mass is 10.1. The van der Waals surface area contributed by atoms with Crippen LogP contribution < -0.4 is 5.32 Å². The molecular weight excluding hydrogens is 296 g/mol. The summed E-state index contributed by atoms with van der Waals surface area (Å²) < 4.78 is 0. The van der Waals surface area contributed by atoms with E-state index < -0.39 is 0 Å². The van der Waals surface area contributed by atoms with Crippen LogP contribution in [-0.4, -0.2) is 26.8 Å². The van der Waals surface area contributed by atoms with Crippen LogP contribution >= 0.6 is 11.8 Å². The van der Waals surface area contributed by atoms with Crippen molar-refractivity contribution in [1.82, 2.24) is 15.2 Å². The molecule has 1 aromatic carbocycles. The molecule has 0 saturated heterocycles. The molecule has 5 nitrogen and oxygen atoms in total. The Bertz CT molecular complexity index is 681. The minimum absolute atomic E-state index is 0.0288. The van der Waals surface area contributed by atoms with Crippen molar-refractivity contribution in [1.29, 1.82) is 0 Å². The normalized spacial score (nSPS) is 13.4. The highest BCUT2D eigenvalue weighted by atomic mass is 32.2. The van der Waals surface area contributed by atoms with Crippen LogP contribution in [-0.2, 0) is 17.6 Å². The Hall–Kier alpha value is -1.82. The maximum absolute atomic E-state index is 12.0. The van der Waals surface area contributed by atoms with Crippen LogP contribution in [0.4, 0.5) is 5.69 Å². The molecule has 0 saturated carbocycles. The Morgan fingerprint density at radius 3 is 2.95 bits per heavy atom. The third-order valence-electron chi connectivity index (χ3n) is 3.74. The number of carbonyl (C=O) groups is 1. The number of fused-ring (bicyclic) bond motifs is 1. The van der Waals surface area contributed by atoms with Gasteiger partial charge in [-0.05, 0) is 42.5 Å². The van der Waals surface area contributed by atoms with E-state index in [9.17, 15) is 4.79 Å². The van der Waals surface area contributed by atoms with Crippen LogP contribution in [0.3, 0.4) is 0 Å². The zero-order valence-electron chi connectivity index (χ0n) is 12.8. The van der Waals surface area contributed by atoms with Gasteiger partial charge in [0, 0.05) is 11.6 Å². The Labute approximate surface area is 134 Å². The van der Waals surface area contributed by atoms with Crippen LogP contribution in [0.25, 0.3) is 0 Å². The third-order valence-corrected chi connectivity index (χ3v) is 4.59. The van der Waals surface area contributed by atoms with Gasteiger partial charge in [-0.15, -0.1) is 5.10 Å². The first-order valence-electron chi connectivity index (χ1n) is 7.58. The number of nitrogens with zero attached hydrogens (tertiary/aromatic N) is 2. The van der Waals surface area contributed by atoms with Gasteiger partial charge in [0.2, 0.25) is 11.1 Å². The first-order valence-corrected chi connectivity index (χ1v) is 8.57. The smallest absolute Gasteiger partial charge is 0.234 e. The SMILES string of the molecule is CC(C)c1nc(SCC(=O)Nc2ccc3c(c2)CCC3)n[nH]1. The second-order valence-corrected chi connectivity index (χ2v) is 6.77. The fourth-order valence-electron chi connectivity index (χ4n) is 2.56. The standard InChI is InChI=1S/C16H20N4OS/c1-10(2)15-18-16(20-19-15)22-9-14(21)17-13-7-6-11-4-3-5-12(11)8-13/h6-8,10H,3-5,9H2,1-2H3,(H,17,21)(H,18,19,20). The summed E-state index contributed by atoms with van der Waals surface area (Å²) in [7, 11) is 0. The number of amides is 1. The van der Waals surface area contributed by atoms with Crippen LogP contribution in [0.15, 0.2) is 23.4 Å². The topological polar surface area (TPSA) is 70.7 Å². The van der Waals surface area contributed by atoms with E-state index in [4.69, 9.17) is 0 Å². The minimum atomic E-state index is -0.0288. The zero-order chi connectivity index (χ0) is 15.5. The van der Waals surface area contributed by atoms with E-state index in [-0.39, 0.29) is 5.91 Å². The van der Waals surface area contributed by atoms with Gasteiger partial charge in [0.05, 0.1) is 5.75 Å². The van der Waals surface area contributed by atoms with E-state index in [1.807, 2.05) is 6.07 Å². The van der Waals surface area contributed by atoms with Crippen molar-refractivity contribution in [2.45, 2.75) is 44.2 Å². The summed E-state index contributed by atoms with van der Waals surface area (Å²) in [5, 5.41) is 10.6. The van der Waals surface area contributed by atoms with Crippen molar-refractivity contribution in [3.63, 3.8) is 0 Å². The summed E-state index contributed by atoms with van der Waals surface area (Å²) in [6.07, 6.45) is 3.48. The monoisotopic (exact) mass is 316 g/mol. The maximum Gasteiger partial charge on any atom is 0.234 e. The lowest BCUT2D eigenvalue weighted by molar-refractivity contribution is -0.113. The lowest BCUT2D eigenvalue weighted by Gasteiger charge is -2.06. The van der Waals surface area contributed by atoms with Gasteiger partial charge >= 0.3 is 0 Å². The van der Waals surface area contributed by atoms with Gasteiger partial charge in [0.15, 0.2) is 0 Å². The molecule has 1 aliphatic carbocycles. The average molecular weight is 316 g/mol. The number of thioether (sulfide) groups is 1. The number of anilines is 1. The van der Waals surface area contributed by atoms with Crippen LogP contribution in [0, 0.1) is 0 Å². The molecular formula is C16H20N4OS. The van der Waals surface area contributed by atoms with Crippen molar-refractivity contribution >= 4 is 23.4 Å². The maximum atomic E-state index is 12.0. The number of rotatable bonds is 5. The molecule has 1 heterocycles. The summed E-state index contributed by atoms with van der Waals surface area (Å²) in [5.41, 5.74) is 3.65. The highest BCUT2D eigenvalue weighted by Crippen LogP contribution is 2.25. The van der Waals surface area contributed by atoms with Gasteiger partial charge in [0.25, 0.3) is 0 Å². The zero-order valence-corrected chi connectivity index (χ0v) is 13.7. The van der Waals surface area contributed by atoms with Gasteiger partial charge in [-0.3, -0.25) is 9.89 Å². The molecule has 2 aromatic rings. The van der Waals surface area contributed by atoms with E-state index in [1.165, 1.54) is 29.3 Å². The molecule has 1 aromatic heterocycles. The number of nitrogens with one attached hydrogen (secondary N) is 2. The largest absolute Gasteiger partial charge is 0.325 e. The molecule has 3 rings (SSSR count). The Balaban J connectivity index is 1.54. The summed E-state index contributed by atoms with van der Waals surface area (Å²) in [5.74, 6) is 1.44. The second-order valence-electron chi connectivity index (χ2n) is 5.83. The van der Waals surface area contributed by atoms with Gasteiger partial charge in [0.1, 0.15) is 5.82 Å². The molecule has 0 atom stereocenters. The number of hydrogen-bond donors (Lipinski definition) is 2. The molecule has 0 fully saturated rings. The molecule has 0 unspecified atom stereocenters. The Morgan fingerprint density at radius 2 is 2.18 bits per heavy atom. The molecule has 0 radical (unpaired) electrons. The van der Waals surface area contributed by atoms with Gasteiger partial charge in [-0.1, -0.05) is 31.7 Å². The van der Waals surface area contributed by atoms with Crippen LogP contribution in [0.1, 0.15) is 43.1 Å². The Kier molecular flexibility index (Phi) is 4.47. The summed E-state index contributed by atoms with van der Waals surface area (Å²) >= 11 is 1.35. The van der Waals surface area contributed by atoms with Gasteiger partial charge < -0.3 is 5.32 Å². The van der Waals surface area contributed by atoms with Crippen LogP contribution in [0.2, 0.25) is 0 Å². The van der Waals surface area contributed by atoms with E-state index in [2.05, 4.69) is 46.5 Å². The number of benzene rings is 1. The molecule has 0 bridgehead atoms. The summed E-state index contributed by atoms with van der Waals surface area (Å²) in [4.78, 5) is 16.4. The van der Waals surface area contributed by atoms with Crippen molar-refractivity contribution in [2.75, 3.05) is 11.1 Å². The van der Waals surface area contributed by atoms with E-state index >= 15 is 0 Å². The molecule has 1 amide bonds. The van der Waals surface area contributed by atoms with Gasteiger partial charge in [-0.2, -0.15) is 0 Å². The van der Waals surface area contributed by atoms with E-state index in [0.29, 0.717) is 16.8 Å². The first kappa shape index (κ1) is 15.1. The number of carbonyl (C=O) groups excluding carboxylic acids is 1. The molecule has 2 N–H and O–H groups in total. The fraction of sp³-hybridized carbons (Fsp3) is 0.438. The molecule has 6 heteroatoms. The Morgan fingerprint density at radius 1 is 1.36 bits per heavy atom. The number of aromatic nitrogens is 3. The molecule has 1 aliphatic rings. The average Bonchev–Trinajstić information content (AvgIpc) is 3.13. The predicted molar refractivity (Wildman–Crippen MR) is 88.3 cm³/mol. The molecule has 116 valence electrons. The predicted octanol–water partition coefficient (Wildman–Crippen LogP) is 3.15. The van der Waals surface area contributed by atoms with Crippen molar-refractivity contribution in [3.8, 4) is 0 Å². The van der Waals surface area contributed by atoms with E-state index in [0.717, 1.165) is 24.4 Å². The molecule has 0 aliphatic heterocycles. The quantitative estimate of drug-likeness (QED) is 0.831. The van der Waals surface area contributed by atoms with Crippen molar-refractivity contribution < 1.29 is 4.79 Å². The molecule has 0 spiro atoms. The first-order chi connectivity index (χ1) is 10.6. The number of aromatic amines is 1. The number of H-pyrrole nitrogens is 1.